The van der Waals surface area contributed by atoms with Crippen molar-refractivity contribution < 1.29 is 9.90 Å². The van der Waals surface area contributed by atoms with Crippen molar-refractivity contribution in [3.8, 4) is 10.7 Å². The molecule has 0 spiro atoms. The Kier molecular flexibility index (Phi) is 3.19. The molecule has 2 aromatic heterocycles. The Labute approximate surface area is 118 Å². The van der Waals surface area contributed by atoms with Crippen molar-refractivity contribution in [3.05, 3.63) is 30.3 Å². The number of nitrogens with zero attached hydrogens (tertiary/aromatic N) is 4. The molecule has 0 aliphatic rings. The number of carbonyl (C=O) groups is 1. The fourth-order valence-corrected chi connectivity index (χ4v) is 2.99. The molecule has 3 rings (SSSR count). The number of aromatic nitrogens is 4. The Balaban J connectivity index is 1.98. The van der Waals surface area contributed by atoms with E-state index in [0.717, 1.165) is 15.0 Å². The zero-order valence-electron chi connectivity index (χ0n) is 10.7. The van der Waals surface area contributed by atoms with E-state index in [1.54, 1.807) is 22.9 Å². The third-order valence-electron chi connectivity index (χ3n) is 3.05. The summed E-state index contributed by atoms with van der Waals surface area (Å²) < 4.78 is 2.70. The minimum atomic E-state index is -0.859. The van der Waals surface area contributed by atoms with Crippen molar-refractivity contribution in [2.24, 2.45) is 5.92 Å². The summed E-state index contributed by atoms with van der Waals surface area (Å²) in [6.45, 7) is 1.89. The van der Waals surface area contributed by atoms with Gasteiger partial charge < -0.3 is 5.11 Å². The third kappa shape index (κ3) is 2.27. The molecule has 0 aliphatic heterocycles. The summed E-state index contributed by atoms with van der Waals surface area (Å²) in [5, 5.41) is 21.7. The molecule has 1 aromatic carbocycles. The predicted octanol–water partition coefficient (Wildman–Crippen LogP) is 2.28. The highest BCUT2D eigenvalue weighted by Gasteiger charge is 2.17. The first-order chi connectivity index (χ1) is 9.65. The number of hydrogen-bond acceptors (Lipinski definition) is 5. The standard InChI is InChI=1S/C13H12N4O2S/c1-8(13(18)19)7-17-12(14-15-16-17)11-6-9-4-2-3-5-10(9)20-11/h2-6,8H,7H2,1H3,(H,18,19). The van der Waals surface area contributed by atoms with Gasteiger partial charge in [0.2, 0.25) is 0 Å². The normalized spacial score (nSPS) is 12.7. The number of hydrogen-bond donors (Lipinski definition) is 1. The average molecular weight is 288 g/mol. The minimum absolute atomic E-state index is 0.256. The number of carboxylic acids is 1. The van der Waals surface area contributed by atoms with Gasteiger partial charge in [-0.25, -0.2) is 4.68 Å². The van der Waals surface area contributed by atoms with E-state index in [1.807, 2.05) is 30.3 Å². The average Bonchev–Trinajstić information content (AvgIpc) is 3.03. The van der Waals surface area contributed by atoms with Crippen LogP contribution in [0.5, 0.6) is 0 Å². The highest BCUT2D eigenvalue weighted by atomic mass is 32.1. The van der Waals surface area contributed by atoms with Crippen molar-refractivity contribution in [3.63, 3.8) is 0 Å². The van der Waals surface area contributed by atoms with Crippen LogP contribution < -0.4 is 0 Å². The molecule has 1 N–H and O–H groups in total. The van der Waals surface area contributed by atoms with Gasteiger partial charge in [-0.3, -0.25) is 4.79 Å². The smallest absolute Gasteiger partial charge is 0.308 e. The van der Waals surface area contributed by atoms with Gasteiger partial charge in [0.1, 0.15) is 0 Å². The molecule has 2 heterocycles. The Morgan fingerprint density at radius 3 is 3.00 bits per heavy atom. The highest BCUT2D eigenvalue weighted by Crippen LogP contribution is 2.31. The van der Waals surface area contributed by atoms with Gasteiger partial charge in [-0.05, 0) is 27.9 Å². The highest BCUT2D eigenvalue weighted by molar-refractivity contribution is 7.22. The lowest BCUT2D eigenvalue weighted by Crippen LogP contribution is -2.18. The molecule has 3 aromatic rings. The number of carboxylic acid groups (broad SMARTS) is 1. The molecule has 7 heteroatoms. The molecule has 1 unspecified atom stereocenters. The fourth-order valence-electron chi connectivity index (χ4n) is 1.93. The van der Waals surface area contributed by atoms with Crippen LogP contribution in [0.25, 0.3) is 20.8 Å². The van der Waals surface area contributed by atoms with E-state index in [2.05, 4.69) is 15.5 Å². The molecule has 0 fully saturated rings. The Morgan fingerprint density at radius 1 is 1.45 bits per heavy atom. The van der Waals surface area contributed by atoms with E-state index in [9.17, 15) is 4.79 Å². The van der Waals surface area contributed by atoms with Gasteiger partial charge in [-0.1, -0.05) is 25.1 Å². The molecule has 102 valence electrons. The summed E-state index contributed by atoms with van der Waals surface area (Å²) in [7, 11) is 0. The van der Waals surface area contributed by atoms with E-state index < -0.39 is 11.9 Å². The molecule has 0 aliphatic carbocycles. The topological polar surface area (TPSA) is 80.9 Å². The number of fused-ring (bicyclic) bond motifs is 1. The SMILES string of the molecule is CC(Cn1nnnc1-c1cc2ccccc2s1)C(=O)O. The molecule has 6 nitrogen and oxygen atoms in total. The van der Waals surface area contributed by atoms with Crippen LogP contribution in [0.4, 0.5) is 0 Å². The Morgan fingerprint density at radius 2 is 2.25 bits per heavy atom. The second-order valence-corrected chi connectivity index (χ2v) is 5.66. The molecule has 0 radical (unpaired) electrons. The maximum Gasteiger partial charge on any atom is 0.308 e. The van der Waals surface area contributed by atoms with Gasteiger partial charge in [-0.2, -0.15) is 0 Å². The Hall–Kier alpha value is -2.28. The van der Waals surface area contributed by atoms with Gasteiger partial charge in [0.15, 0.2) is 5.82 Å². The summed E-state index contributed by atoms with van der Waals surface area (Å²) in [5.41, 5.74) is 0. The molecule has 0 amide bonds. The van der Waals surface area contributed by atoms with Crippen molar-refractivity contribution in [1.29, 1.82) is 0 Å². The molecular formula is C13H12N4O2S. The molecule has 20 heavy (non-hydrogen) atoms. The summed E-state index contributed by atoms with van der Waals surface area (Å²) in [6.07, 6.45) is 0. The van der Waals surface area contributed by atoms with E-state index in [4.69, 9.17) is 5.11 Å². The van der Waals surface area contributed by atoms with Crippen molar-refractivity contribution in [2.45, 2.75) is 13.5 Å². The molecule has 1 atom stereocenters. The van der Waals surface area contributed by atoms with E-state index in [0.29, 0.717) is 5.82 Å². The lowest BCUT2D eigenvalue weighted by molar-refractivity contribution is -0.141. The lowest BCUT2D eigenvalue weighted by Gasteiger charge is -2.06. The number of benzene rings is 1. The molecule has 0 saturated carbocycles. The van der Waals surface area contributed by atoms with Crippen LogP contribution in [-0.4, -0.2) is 31.3 Å². The summed E-state index contributed by atoms with van der Waals surface area (Å²) >= 11 is 1.59. The second kappa shape index (κ2) is 5.01. The number of tetrazole rings is 1. The molecule has 0 saturated heterocycles. The largest absolute Gasteiger partial charge is 0.481 e. The van der Waals surface area contributed by atoms with Gasteiger partial charge >= 0.3 is 5.97 Å². The monoisotopic (exact) mass is 288 g/mol. The maximum atomic E-state index is 10.9. The van der Waals surface area contributed by atoms with Crippen LogP contribution in [0.15, 0.2) is 30.3 Å². The van der Waals surface area contributed by atoms with E-state index >= 15 is 0 Å². The summed E-state index contributed by atoms with van der Waals surface area (Å²) in [4.78, 5) is 11.9. The van der Waals surface area contributed by atoms with Crippen molar-refractivity contribution in [2.75, 3.05) is 0 Å². The lowest BCUT2D eigenvalue weighted by atomic mass is 10.2. The van der Waals surface area contributed by atoms with Gasteiger partial charge in [0.05, 0.1) is 17.3 Å². The van der Waals surface area contributed by atoms with Crippen molar-refractivity contribution in [1.82, 2.24) is 20.2 Å². The third-order valence-corrected chi connectivity index (χ3v) is 4.16. The van der Waals surface area contributed by atoms with Gasteiger partial charge in [0, 0.05) is 4.70 Å². The van der Waals surface area contributed by atoms with Gasteiger partial charge in [-0.15, -0.1) is 16.4 Å². The maximum absolute atomic E-state index is 10.9. The number of aliphatic carboxylic acids is 1. The van der Waals surface area contributed by atoms with E-state index in [1.165, 1.54) is 0 Å². The van der Waals surface area contributed by atoms with Crippen LogP contribution in [0.3, 0.4) is 0 Å². The quantitative estimate of drug-likeness (QED) is 0.796. The van der Waals surface area contributed by atoms with Crippen molar-refractivity contribution >= 4 is 27.4 Å². The number of rotatable bonds is 4. The minimum Gasteiger partial charge on any atom is -0.481 e. The second-order valence-electron chi connectivity index (χ2n) is 4.57. The molecular weight excluding hydrogens is 276 g/mol. The predicted molar refractivity (Wildman–Crippen MR) is 75.4 cm³/mol. The first-order valence-corrected chi connectivity index (χ1v) is 6.94. The van der Waals surface area contributed by atoms with Crippen LogP contribution in [0.2, 0.25) is 0 Å². The fraction of sp³-hybridized carbons (Fsp3) is 0.231. The van der Waals surface area contributed by atoms with Crippen LogP contribution in [0, 0.1) is 5.92 Å². The summed E-state index contributed by atoms with van der Waals surface area (Å²) in [5.74, 6) is -0.784. The molecule has 0 bridgehead atoms. The zero-order valence-corrected chi connectivity index (χ0v) is 11.5. The van der Waals surface area contributed by atoms with Gasteiger partial charge in [0.25, 0.3) is 0 Å². The first-order valence-electron chi connectivity index (χ1n) is 6.13. The first kappa shape index (κ1) is 12.7. The van der Waals surface area contributed by atoms with Crippen LogP contribution in [0.1, 0.15) is 6.92 Å². The Bertz CT molecular complexity index is 731. The van der Waals surface area contributed by atoms with E-state index in [-0.39, 0.29) is 6.54 Å². The summed E-state index contributed by atoms with van der Waals surface area (Å²) in [6, 6.07) is 10.1. The zero-order chi connectivity index (χ0) is 14.1. The van der Waals surface area contributed by atoms with Crippen LogP contribution in [-0.2, 0) is 11.3 Å². The number of thiophene rings is 1. The van der Waals surface area contributed by atoms with Crippen LogP contribution >= 0.6 is 11.3 Å².